The number of pyridine rings is 1. The average molecular weight is 216 g/mol. The van der Waals surface area contributed by atoms with Crippen molar-refractivity contribution in [3.05, 3.63) is 36.2 Å². The molecule has 16 heavy (non-hydrogen) atoms. The molecule has 0 atom stereocenters. The van der Waals surface area contributed by atoms with Gasteiger partial charge in [-0.3, -0.25) is 9.67 Å². The quantitative estimate of drug-likeness (QED) is 0.845. The highest BCUT2D eigenvalue weighted by Gasteiger charge is 2.10. The molecule has 0 unspecified atom stereocenters. The predicted molar refractivity (Wildman–Crippen MR) is 63.9 cm³/mol. The normalized spacial score (nSPS) is 10.6. The van der Waals surface area contributed by atoms with Gasteiger partial charge in [-0.1, -0.05) is 6.07 Å². The van der Waals surface area contributed by atoms with Crippen LogP contribution in [0.5, 0.6) is 0 Å². The monoisotopic (exact) mass is 216 g/mol. The predicted octanol–water partition coefficient (Wildman–Crippen LogP) is 1.68. The molecular formula is C12H16N4. The Morgan fingerprint density at radius 1 is 1.38 bits per heavy atom. The van der Waals surface area contributed by atoms with E-state index in [9.17, 15) is 0 Å². The molecule has 0 aliphatic rings. The Labute approximate surface area is 95.3 Å². The van der Waals surface area contributed by atoms with E-state index in [1.165, 1.54) is 5.56 Å². The van der Waals surface area contributed by atoms with Crippen molar-refractivity contribution < 1.29 is 0 Å². The molecule has 0 saturated heterocycles. The highest BCUT2D eigenvalue weighted by molar-refractivity contribution is 5.57. The van der Waals surface area contributed by atoms with Crippen LogP contribution in [0.2, 0.25) is 0 Å². The van der Waals surface area contributed by atoms with Crippen LogP contribution in [0, 0.1) is 0 Å². The van der Waals surface area contributed by atoms with Crippen molar-refractivity contribution in [2.75, 3.05) is 7.05 Å². The summed E-state index contributed by atoms with van der Waals surface area (Å²) in [5, 5.41) is 7.68. The number of rotatable bonds is 4. The lowest BCUT2D eigenvalue weighted by Gasteiger charge is -1.99. The fourth-order valence-corrected chi connectivity index (χ4v) is 1.66. The fraction of sp³-hybridized carbons (Fsp3) is 0.333. The maximum atomic E-state index is 4.53. The molecule has 0 radical (unpaired) electrons. The summed E-state index contributed by atoms with van der Waals surface area (Å²) in [7, 11) is 1.94. The first kappa shape index (κ1) is 10.8. The zero-order chi connectivity index (χ0) is 11.4. The van der Waals surface area contributed by atoms with Gasteiger partial charge in [-0.2, -0.15) is 5.10 Å². The zero-order valence-corrected chi connectivity index (χ0v) is 9.64. The number of nitrogens with one attached hydrogen (secondary N) is 1. The largest absolute Gasteiger partial charge is 0.316 e. The number of hydrogen-bond acceptors (Lipinski definition) is 3. The van der Waals surface area contributed by atoms with E-state index < -0.39 is 0 Å². The van der Waals surface area contributed by atoms with Crippen molar-refractivity contribution in [1.82, 2.24) is 20.1 Å². The summed E-state index contributed by atoms with van der Waals surface area (Å²) in [4.78, 5) is 4.34. The topological polar surface area (TPSA) is 42.7 Å². The van der Waals surface area contributed by atoms with Gasteiger partial charge in [0, 0.05) is 31.0 Å². The Hall–Kier alpha value is -1.68. The minimum Gasteiger partial charge on any atom is -0.316 e. The van der Waals surface area contributed by atoms with Gasteiger partial charge in [-0.15, -0.1) is 0 Å². The summed E-state index contributed by atoms with van der Waals surface area (Å²) >= 11 is 0. The third-order valence-corrected chi connectivity index (χ3v) is 2.44. The van der Waals surface area contributed by atoms with Crippen LogP contribution in [0.25, 0.3) is 11.4 Å². The van der Waals surface area contributed by atoms with Crippen LogP contribution in [0.15, 0.2) is 30.6 Å². The SMILES string of the molecule is CCn1cc(CNC)c(-c2ccccn2)n1. The standard InChI is InChI=1S/C12H16N4/c1-3-16-9-10(8-13-2)12(15-16)11-6-4-5-7-14-11/h4-7,9,13H,3,8H2,1-2H3. The lowest BCUT2D eigenvalue weighted by molar-refractivity contribution is 0.660. The lowest BCUT2D eigenvalue weighted by atomic mass is 10.2. The van der Waals surface area contributed by atoms with Gasteiger partial charge in [-0.05, 0) is 26.1 Å². The van der Waals surface area contributed by atoms with Crippen molar-refractivity contribution in [3.63, 3.8) is 0 Å². The molecule has 2 aromatic rings. The summed E-state index contributed by atoms with van der Waals surface area (Å²) in [6, 6.07) is 5.88. The van der Waals surface area contributed by atoms with Crippen molar-refractivity contribution in [2.24, 2.45) is 0 Å². The first-order valence-corrected chi connectivity index (χ1v) is 5.47. The Morgan fingerprint density at radius 3 is 2.88 bits per heavy atom. The van der Waals surface area contributed by atoms with E-state index in [0.29, 0.717) is 0 Å². The van der Waals surface area contributed by atoms with Gasteiger partial charge in [-0.25, -0.2) is 0 Å². The van der Waals surface area contributed by atoms with Crippen molar-refractivity contribution in [3.8, 4) is 11.4 Å². The van der Waals surface area contributed by atoms with E-state index in [1.54, 1.807) is 6.20 Å². The van der Waals surface area contributed by atoms with Gasteiger partial charge in [0.05, 0.1) is 5.69 Å². The Kier molecular flexibility index (Phi) is 3.31. The molecule has 2 heterocycles. The molecule has 2 aromatic heterocycles. The van der Waals surface area contributed by atoms with Gasteiger partial charge in [0.1, 0.15) is 5.69 Å². The van der Waals surface area contributed by atoms with E-state index in [0.717, 1.165) is 24.5 Å². The molecule has 4 nitrogen and oxygen atoms in total. The number of aromatic nitrogens is 3. The van der Waals surface area contributed by atoms with Crippen LogP contribution < -0.4 is 5.32 Å². The minimum absolute atomic E-state index is 0.811. The molecule has 0 aliphatic carbocycles. The van der Waals surface area contributed by atoms with Gasteiger partial charge in [0.2, 0.25) is 0 Å². The first-order chi connectivity index (χ1) is 7.85. The molecule has 0 saturated carbocycles. The first-order valence-electron chi connectivity index (χ1n) is 5.47. The summed E-state index contributed by atoms with van der Waals surface area (Å²) in [6.45, 7) is 3.77. The van der Waals surface area contributed by atoms with Crippen LogP contribution in [0.1, 0.15) is 12.5 Å². The second kappa shape index (κ2) is 4.90. The molecule has 0 aliphatic heterocycles. The molecule has 4 heteroatoms. The molecule has 1 N–H and O–H groups in total. The second-order valence-corrected chi connectivity index (χ2v) is 3.60. The van der Waals surface area contributed by atoms with E-state index in [1.807, 2.05) is 29.9 Å². The molecule has 0 fully saturated rings. The van der Waals surface area contributed by atoms with Gasteiger partial charge in [0.15, 0.2) is 0 Å². The summed E-state index contributed by atoms with van der Waals surface area (Å²) in [5.74, 6) is 0. The fourth-order valence-electron chi connectivity index (χ4n) is 1.66. The maximum absolute atomic E-state index is 4.53. The molecule has 84 valence electrons. The van der Waals surface area contributed by atoms with E-state index in [4.69, 9.17) is 0 Å². The van der Waals surface area contributed by atoms with Crippen LogP contribution >= 0.6 is 0 Å². The molecule has 0 spiro atoms. The molecule has 2 rings (SSSR count). The van der Waals surface area contributed by atoms with Crippen molar-refractivity contribution >= 4 is 0 Å². The summed E-state index contributed by atoms with van der Waals surface area (Å²) < 4.78 is 1.94. The van der Waals surface area contributed by atoms with E-state index in [-0.39, 0.29) is 0 Å². The third kappa shape index (κ3) is 2.12. The zero-order valence-electron chi connectivity index (χ0n) is 9.64. The Bertz CT molecular complexity index is 447. The average Bonchev–Trinajstić information content (AvgIpc) is 2.74. The van der Waals surface area contributed by atoms with E-state index in [2.05, 4.69) is 28.5 Å². The maximum Gasteiger partial charge on any atom is 0.115 e. The minimum atomic E-state index is 0.811. The highest BCUT2D eigenvalue weighted by atomic mass is 15.3. The van der Waals surface area contributed by atoms with Crippen LogP contribution in [0.3, 0.4) is 0 Å². The third-order valence-electron chi connectivity index (χ3n) is 2.44. The number of aryl methyl sites for hydroxylation is 1. The Morgan fingerprint density at radius 2 is 2.25 bits per heavy atom. The number of hydrogen-bond donors (Lipinski definition) is 1. The summed E-state index contributed by atoms with van der Waals surface area (Å²) in [6.07, 6.45) is 3.87. The molecule has 0 amide bonds. The van der Waals surface area contributed by atoms with Crippen LogP contribution in [-0.4, -0.2) is 21.8 Å². The van der Waals surface area contributed by atoms with Gasteiger partial charge >= 0.3 is 0 Å². The smallest absolute Gasteiger partial charge is 0.115 e. The second-order valence-electron chi connectivity index (χ2n) is 3.60. The van der Waals surface area contributed by atoms with Crippen LogP contribution in [0.4, 0.5) is 0 Å². The van der Waals surface area contributed by atoms with Gasteiger partial charge in [0.25, 0.3) is 0 Å². The molecule has 0 aromatic carbocycles. The summed E-state index contributed by atoms with van der Waals surface area (Å²) in [5.41, 5.74) is 3.08. The van der Waals surface area contributed by atoms with Crippen molar-refractivity contribution in [2.45, 2.75) is 20.0 Å². The highest BCUT2D eigenvalue weighted by Crippen LogP contribution is 2.19. The number of nitrogens with zero attached hydrogens (tertiary/aromatic N) is 3. The van der Waals surface area contributed by atoms with Crippen molar-refractivity contribution in [1.29, 1.82) is 0 Å². The van der Waals surface area contributed by atoms with E-state index >= 15 is 0 Å². The lowest BCUT2D eigenvalue weighted by Crippen LogP contribution is -2.05. The Balaban J connectivity index is 2.42. The van der Waals surface area contributed by atoms with Gasteiger partial charge < -0.3 is 5.32 Å². The molecule has 0 bridgehead atoms. The van der Waals surface area contributed by atoms with Crippen LogP contribution in [-0.2, 0) is 13.1 Å². The molecular weight excluding hydrogens is 200 g/mol.